The number of fused-ring (bicyclic) bond motifs is 1. The van der Waals surface area contributed by atoms with Crippen molar-refractivity contribution < 1.29 is 4.79 Å². The molecule has 3 rings (SSSR count). The number of aryl methyl sites for hydroxylation is 1. The van der Waals surface area contributed by atoms with Crippen LogP contribution in [0.1, 0.15) is 44.1 Å². The molecule has 1 heterocycles. The maximum Gasteiger partial charge on any atom is 0.244 e. The summed E-state index contributed by atoms with van der Waals surface area (Å²) in [6.07, 6.45) is 8.00. The van der Waals surface area contributed by atoms with Gasteiger partial charge in [-0.3, -0.25) is 4.79 Å². The quantitative estimate of drug-likeness (QED) is 0.898. The summed E-state index contributed by atoms with van der Waals surface area (Å²) in [6, 6.07) is 8.80. The van der Waals surface area contributed by atoms with Crippen LogP contribution in [-0.2, 0) is 11.2 Å². The van der Waals surface area contributed by atoms with Crippen molar-refractivity contribution in [1.82, 2.24) is 5.32 Å². The highest BCUT2D eigenvalue weighted by Gasteiger charge is 2.34. The van der Waals surface area contributed by atoms with E-state index in [1.54, 1.807) is 0 Å². The molecule has 3 nitrogen and oxygen atoms in total. The number of benzene rings is 1. The number of anilines is 1. The predicted octanol–water partition coefficient (Wildman–Crippen LogP) is 2.89. The van der Waals surface area contributed by atoms with E-state index in [2.05, 4.69) is 34.5 Å². The van der Waals surface area contributed by atoms with Crippen molar-refractivity contribution in [1.29, 1.82) is 0 Å². The van der Waals surface area contributed by atoms with Crippen molar-refractivity contribution in [3.05, 3.63) is 29.8 Å². The van der Waals surface area contributed by atoms with Gasteiger partial charge in [0.2, 0.25) is 5.91 Å². The monoisotopic (exact) mass is 272 g/mol. The van der Waals surface area contributed by atoms with Gasteiger partial charge < -0.3 is 10.2 Å². The molecule has 0 aromatic heterocycles. The minimum Gasteiger partial charge on any atom is -0.309 e. The standard InChI is InChI=1S/C17H24N2O/c1-18-15-12-11-13-7-5-6-10-16(13)19(17(15)20)14-8-3-2-4-9-14/h5-7,10,14-15,18H,2-4,8-9,11-12H2,1H3. The van der Waals surface area contributed by atoms with Crippen LogP contribution in [0.15, 0.2) is 24.3 Å². The van der Waals surface area contributed by atoms with Gasteiger partial charge in [-0.05, 0) is 44.4 Å². The third kappa shape index (κ3) is 2.47. The van der Waals surface area contributed by atoms with Gasteiger partial charge in [-0.1, -0.05) is 37.5 Å². The fraction of sp³-hybridized carbons (Fsp3) is 0.588. The topological polar surface area (TPSA) is 32.3 Å². The van der Waals surface area contributed by atoms with Crippen LogP contribution >= 0.6 is 0 Å². The summed E-state index contributed by atoms with van der Waals surface area (Å²) in [7, 11) is 1.90. The van der Waals surface area contributed by atoms with Crippen LogP contribution in [-0.4, -0.2) is 25.0 Å². The summed E-state index contributed by atoms with van der Waals surface area (Å²) >= 11 is 0. The largest absolute Gasteiger partial charge is 0.309 e. The number of likely N-dealkylation sites (N-methyl/N-ethyl adjacent to an activating group) is 1. The van der Waals surface area contributed by atoms with Crippen molar-refractivity contribution in [3.8, 4) is 0 Å². The highest BCUT2D eigenvalue weighted by molar-refractivity contribution is 5.99. The number of rotatable bonds is 2. The highest BCUT2D eigenvalue weighted by Crippen LogP contribution is 2.33. The number of carbonyl (C=O) groups is 1. The lowest BCUT2D eigenvalue weighted by Gasteiger charge is -2.36. The molecule has 0 bridgehead atoms. The van der Waals surface area contributed by atoms with Gasteiger partial charge in [-0.15, -0.1) is 0 Å². The second kappa shape index (κ2) is 5.96. The fourth-order valence-electron chi connectivity index (χ4n) is 3.65. The second-order valence-corrected chi connectivity index (χ2v) is 6.01. The maximum absolute atomic E-state index is 12.9. The molecule has 0 radical (unpaired) electrons. The van der Waals surface area contributed by atoms with E-state index >= 15 is 0 Å². The van der Waals surface area contributed by atoms with E-state index < -0.39 is 0 Å². The second-order valence-electron chi connectivity index (χ2n) is 6.01. The smallest absolute Gasteiger partial charge is 0.244 e. The third-order valence-corrected chi connectivity index (χ3v) is 4.78. The Kier molecular flexibility index (Phi) is 4.06. The number of nitrogens with zero attached hydrogens (tertiary/aromatic N) is 1. The molecule has 1 aromatic carbocycles. The number of hydrogen-bond donors (Lipinski definition) is 1. The first-order chi connectivity index (χ1) is 9.81. The van der Waals surface area contributed by atoms with Gasteiger partial charge in [0.15, 0.2) is 0 Å². The Morgan fingerprint density at radius 2 is 1.85 bits per heavy atom. The van der Waals surface area contributed by atoms with E-state index in [1.807, 2.05) is 7.05 Å². The average molecular weight is 272 g/mol. The lowest BCUT2D eigenvalue weighted by molar-refractivity contribution is -0.121. The van der Waals surface area contributed by atoms with Crippen LogP contribution < -0.4 is 10.2 Å². The number of carbonyl (C=O) groups excluding carboxylic acids is 1. The molecule has 1 aliphatic carbocycles. The fourth-order valence-corrected chi connectivity index (χ4v) is 3.65. The molecular formula is C17H24N2O. The number of amides is 1. The molecule has 3 heteroatoms. The summed E-state index contributed by atoms with van der Waals surface area (Å²) in [5.74, 6) is 0.268. The molecule has 1 aromatic rings. The minimum atomic E-state index is -0.0377. The molecule has 1 N–H and O–H groups in total. The van der Waals surface area contributed by atoms with Crippen LogP contribution in [0.3, 0.4) is 0 Å². The summed E-state index contributed by atoms with van der Waals surface area (Å²) in [5.41, 5.74) is 2.48. The molecule has 0 saturated heterocycles. The van der Waals surface area contributed by atoms with E-state index in [4.69, 9.17) is 0 Å². The molecule has 1 fully saturated rings. The summed E-state index contributed by atoms with van der Waals surface area (Å²) < 4.78 is 0. The Labute approximate surface area is 121 Å². The number of nitrogens with one attached hydrogen (secondary N) is 1. The van der Waals surface area contributed by atoms with Gasteiger partial charge in [0, 0.05) is 11.7 Å². The molecular weight excluding hydrogens is 248 g/mol. The molecule has 0 spiro atoms. The normalized spacial score (nSPS) is 24.4. The van der Waals surface area contributed by atoms with Crippen LogP contribution in [0.4, 0.5) is 5.69 Å². The van der Waals surface area contributed by atoms with Gasteiger partial charge in [-0.2, -0.15) is 0 Å². The Hall–Kier alpha value is -1.35. The van der Waals surface area contributed by atoms with Gasteiger partial charge in [0.05, 0.1) is 6.04 Å². The van der Waals surface area contributed by atoms with E-state index in [0.717, 1.165) is 31.4 Å². The zero-order chi connectivity index (χ0) is 13.9. The van der Waals surface area contributed by atoms with Crippen LogP contribution in [0.5, 0.6) is 0 Å². The van der Waals surface area contributed by atoms with E-state index in [1.165, 1.54) is 24.8 Å². The summed E-state index contributed by atoms with van der Waals surface area (Å²) in [6.45, 7) is 0. The Bertz CT molecular complexity index is 480. The highest BCUT2D eigenvalue weighted by atomic mass is 16.2. The maximum atomic E-state index is 12.9. The summed E-state index contributed by atoms with van der Waals surface area (Å²) in [4.78, 5) is 15.0. The van der Waals surface area contributed by atoms with Crippen LogP contribution in [0.25, 0.3) is 0 Å². The lowest BCUT2D eigenvalue weighted by Crippen LogP contribution is -2.49. The zero-order valence-electron chi connectivity index (χ0n) is 12.3. The number of para-hydroxylation sites is 1. The third-order valence-electron chi connectivity index (χ3n) is 4.78. The molecule has 1 atom stereocenters. The molecule has 1 aliphatic heterocycles. The van der Waals surface area contributed by atoms with E-state index in [9.17, 15) is 4.79 Å². The van der Waals surface area contributed by atoms with Crippen molar-refractivity contribution in [2.75, 3.05) is 11.9 Å². The first-order valence-corrected chi connectivity index (χ1v) is 7.89. The molecule has 20 heavy (non-hydrogen) atoms. The SMILES string of the molecule is CNC1CCc2ccccc2N(C2CCCCC2)C1=O. The Morgan fingerprint density at radius 1 is 1.10 bits per heavy atom. The average Bonchev–Trinajstić information content (AvgIpc) is 2.64. The van der Waals surface area contributed by atoms with Gasteiger partial charge in [0.25, 0.3) is 0 Å². The molecule has 1 saturated carbocycles. The Balaban J connectivity index is 1.98. The predicted molar refractivity (Wildman–Crippen MR) is 82.0 cm³/mol. The van der Waals surface area contributed by atoms with Crippen molar-refractivity contribution in [2.45, 2.75) is 57.0 Å². The van der Waals surface area contributed by atoms with E-state index in [0.29, 0.717) is 6.04 Å². The number of hydrogen-bond acceptors (Lipinski definition) is 2. The first kappa shape index (κ1) is 13.6. The van der Waals surface area contributed by atoms with Crippen LogP contribution in [0.2, 0.25) is 0 Å². The minimum absolute atomic E-state index is 0.0377. The molecule has 108 valence electrons. The van der Waals surface area contributed by atoms with Gasteiger partial charge in [0.1, 0.15) is 0 Å². The molecule has 2 aliphatic rings. The lowest BCUT2D eigenvalue weighted by atomic mass is 9.93. The van der Waals surface area contributed by atoms with E-state index in [-0.39, 0.29) is 11.9 Å². The first-order valence-electron chi connectivity index (χ1n) is 7.89. The van der Waals surface area contributed by atoms with Crippen molar-refractivity contribution >= 4 is 11.6 Å². The van der Waals surface area contributed by atoms with Crippen molar-refractivity contribution in [3.63, 3.8) is 0 Å². The van der Waals surface area contributed by atoms with Crippen molar-refractivity contribution in [2.24, 2.45) is 0 Å². The summed E-state index contributed by atoms with van der Waals surface area (Å²) in [5, 5.41) is 3.21. The van der Waals surface area contributed by atoms with Gasteiger partial charge in [-0.25, -0.2) is 0 Å². The Morgan fingerprint density at radius 3 is 2.60 bits per heavy atom. The van der Waals surface area contributed by atoms with Gasteiger partial charge >= 0.3 is 0 Å². The van der Waals surface area contributed by atoms with Crippen LogP contribution in [0, 0.1) is 0 Å². The molecule has 1 amide bonds. The molecule has 1 unspecified atom stereocenters. The zero-order valence-corrected chi connectivity index (χ0v) is 12.3.